The van der Waals surface area contributed by atoms with E-state index in [1.165, 1.54) is 0 Å². The average Bonchev–Trinajstić information content (AvgIpc) is 2.84. The summed E-state index contributed by atoms with van der Waals surface area (Å²) in [5.41, 5.74) is 8.29. The molecule has 3 rings (SSSR count). The minimum atomic E-state index is 0.595. The normalized spacial score (nSPS) is 10.9. The quantitative estimate of drug-likeness (QED) is 0.719. The van der Waals surface area contributed by atoms with E-state index in [9.17, 15) is 0 Å². The molecule has 0 aliphatic rings. The van der Waals surface area contributed by atoms with E-state index >= 15 is 0 Å². The highest BCUT2D eigenvalue weighted by molar-refractivity contribution is 6.12. The third-order valence-corrected chi connectivity index (χ3v) is 3.46. The van der Waals surface area contributed by atoms with Gasteiger partial charge in [0.25, 0.3) is 0 Å². The molecule has 0 spiro atoms. The molecule has 3 aromatic rings. The van der Waals surface area contributed by atoms with Crippen LogP contribution in [0.25, 0.3) is 21.8 Å². The summed E-state index contributed by atoms with van der Waals surface area (Å²) in [4.78, 5) is 3.32. The van der Waals surface area contributed by atoms with Gasteiger partial charge in [0.15, 0.2) is 5.75 Å². The van der Waals surface area contributed by atoms with Crippen molar-refractivity contribution in [3.05, 3.63) is 24.3 Å². The van der Waals surface area contributed by atoms with E-state index in [0.29, 0.717) is 11.4 Å². The lowest BCUT2D eigenvalue weighted by atomic mass is 10.1. The van der Waals surface area contributed by atoms with Crippen molar-refractivity contribution in [3.8, 4) is 17.2 Å². The lowest BCUT2D eigenvalue weighted by molar-refractivity contribution is 0.397. The SMILES string of the molecule is COc1cc(OC)c2[nH]c3c(OC)c(N)ccc3c2c1. The highest BCUT2D eigenvalue weighted by Crippen LogP contribution is 2.40. The highest BCUT2D eigenvalue weighted by atomic mass is 16.5. The Morgan fingerprint density at radius 3 is 2.35 bits per heavy atom. The zero-order valence-corrected chi connectivity index (χ0v) is 11.6. The first-order valence-electron chi connectivity index (χ1n) is 6.19. The van der Waals surface area contributed by atoms with Gasteiger partial charge in [0.05, 0.1) is 38.1 Å². The number of nitrogen functional groups attached to an aromatic ring is 1. The third-order valence-electron chi connectivity index (χ3n) is 3.46. The lowest BCUT2D eigenvalue weighted by Gasteiger charge is -2.05. The molecule has 20 heavy (non-hydrogen) atoms. The maximum Gasteiger partial charge on any atom is 0.165 e. The molecule has 1 aromatic heterocycles. The lowest BCUT2D eigenvalue weighted by Crippen LogP contribution is -1.92. The predicted molar refractivity (Wildman–Crippen MR) is 79.9 cm³/mol. The summed E-state index contributed by atoms with van der Waals surface area (Å²) < 4.78 is 16.1. The fraction of sp³-hybridized carbons (Fsp3) is 0.200. The average molecular weight is 272 g/mol. The molecular formula is C15H16N2O3. The molecule has 0 aliphatic carbocycles. The van der Waals surface area contributed by atoms with Gasteiger partial charge in [0, 0.05) is 16.8 Å². The number of hydrogen-bond donors (Lipinski definition) is 2. The number of anilines is 1. The van der Waals surface area contributed by atoms with Gasteiger partial charge in [-0.2, -0.15) is 0 Å². The Bertz CT molecular complexity index is 793. The molecule has 0 fully saturated rings. The molecule has 5 nitrogen and oxygen atoms in total. The van der Waals surface area contributed by atoms with Crippen LogP contribution in [0.1, 0.15) is 0 Å². The van der Waals surface area contributed by atoms with Gasteiger partial charge in [-0.1, -0.05) is 0 Å². The van der Waals surface area contributed by atoms with Crippen LogP contribution >= 0.6 is 0 Å². The zero-order valence-electron chi connectivity index (χ0n) is 11.6. The van der Waals surface area contributed by atoms with Crippen LogP contribution < -0.4 is 19.9 Å². The van der Waals surface area contributed by atoms with Gasteiger partial charge in [-0.15, -0.1) is 0 Å². The molecule has 2 aromatic carbocycles. The van der Waals surface area contributed by atoms with Crippen molar-refractivity contribution in [1.29, 1.82) is 0 Å². The van der Waals surface area contributed by atoms with Crippen molar-refractivity contribution in [2.45, 2.75) is 0 Å². The van der Waals surface area contributed by atoms with Crippen LogP contribution in [0.4, 0.5) is 5.69 Å². The molecule has 0 amide bonds. The van der Waals surface area contributed by atoms with Crippen LogP contribution in [-0.4, -0.2) is 26.3 Å². The van der Waals surface area contributed by atoms with E-state index in [0.717, 1.165) is 33.3 Å². The van der Waals surface area contributed by atoms with Gasteiger partial charge in [0.2, 0.25) is 0 Å². The van der Waals surface area contributed by atoms with E-state index in [1.54, 1.807) is 21.3 Å². The first-order chi connectivity index (χ1) is 9.69. The number of rotatable bonds is 3. The second-order valence-corrected chi connectivity index (χ2v) is 4.49. The summed E-state index contributed by atoms with van der Waals surface area (Å²) in [6, 6.07) is 7.60. The molecule has 1 heterocycles. The number of aromatic amines is 1. The van der Waals surface area contributed by atoms with E-state index in [2.05, 4.69) is 4.98 Å². The van der Waals surface area contributed by atoms with Crippen molar-refractivity contribution < 1.29 is 14.2 Å². The van der Waals surface area contributed by atoms with Gasteiger partial charge >= 0.3 is 0 Å². The number of aromatic nitrogens is 1. The smallest absolute Gasteiger partial charge is 0.165 e. The van der Waals surface area contributed by atoms with Crippen molar-refractivity contribution >= 4 is 27.5 Å². The number of benzene rings is 2. The molecule has 0 saturated heterocycles. The van der Waals surface area contributed by atoms with Crippen molar-refractivity contribution in [2.24, 2.45) is 0 Å². The molecule has 5 heteroatoms. The van der Waals surface area contributed by atoms with Crippen LogP contribution in [0.5, 0.6) is 17.2 Å². The number of nitrogens with one attached hydrogen (secondary N) is 1. The second kappa shape index (κ2) is 4.52. The molecule has 0 unspecified atom stereocenters. The minimum absolute atomic E-state index is 0.595. The number of nitrogens with two attached hydrogens (primary N) is 1. The van der Waals surface area contributed by atoms with E-state index in [-0.39, 0.29) is 0 Å². The van der Waals surface area contributed by atoms with E-state index < -0.39 is 0 Å². The first kappa shape index (κ1) is 12.5. The predicted octanol–water partition coefficient (Wildman–Crippen LogP) is 2.93. The van der Waals surface area contributed by atoms with Crippen LogP contribution in [0.15, 0.2) is 24.3 Å². The summed E-state index contributed by atoms with van der Waals surface area (Å²) in [6.45, 7) is 0. The van der Waals surface area contributed by atoms with Gasteiger partial charge in [-0.05, 0) is 18.2 Å². The number of ether oxygens (including phenoxy) is 3. The highest BCUT2D eigenvalue weighted by Gasteiger charge is 2.15. The Labute approximate surface area is 116 Å². The molecule has 0 bridgehead atoms. The summed E-state index contributed by atoms with van der Waals surface area (Å²) in [6.07, 6.45) is 0. The number of hydrogen-bond acceptors (Lipinski definition) is 4. The van der Waals surface area contributed by atoms with E-state index in [1.807, 2.05) is 24.3 Å². The molecule has 0 atom stereocenters. The Balaban J connectivity index is 2.47. The fourth-order valence-corrected chi connectivity index (χ4v) is 2.50. The molecular weight excluding hydrogens is 256 g/mol. The Morgan fingerprint density at radius 2 is 1.70 bits per heavy atom. The third kappa shape index (κ3) is 1.63. The summed E-state index contributed by atoms with van der Waals surface area (Å²) in [5, 5.41) is 2.03. The molecule has 0 saturated carbocycles. The van der Waals surface area contributed by atoms with Crippen molar-refractivity contribution in [3.63, 3.8) is 0 Å². The van der Waals surface area contributed by atoms with Gasteiger partial charge in [0.1, 0.15) is 11.5 Å². The molecule has 104 valence electrons. The summed E-state index contributed by atoms with van der Waals surface area (Å²) in [5.74, 6) is 2.10. The number of methoxy groups -OCH3 is 3. The Morgan fingerprint density at radius 1 is 0.900 bits per heavy atom. The Kier molecular flexibility index (Phi) is 2.82. The van der Waals surface area contributed by atoms with Crippen molar-refractivity contribution in [1.82, 2.24) is 4.98 Å². The monoisotopic (exact) mass is 272 g/mol. The van der Waals surface area contributed by atoms with Crippen LogP contribution in [0, 0.1) is 0 Å². The Hall–Kier alpha value is -2.56. The standard InChI is InChI=1S/C15H16N2O3/c1-18-8-6-10-9-4-5-11(16)15(20-3)14(9)17-13(10)12(7-8)19-2/h4-7,17H,16H2,1-3H3. The molecule has 0 radical (unpaired) electrons. The second-order valence-electron chi connectivity index (χ2n) is 4.49. The van der Waals surface area contributed by atoms with Gasteiger partial charge < -0.3 is 24.9 Å². The largest absolute Gasteiger partial charge is 0.497 e. The minimum Gasteiger partial charge on any atom is -0.497 e. The van der Waals surface area contributed by atoms with Crippen LogP contribution in [-0.2, 0) is 0 Å². The molecule has 3 N–H and O–H groups in total. The fourth-order valence-electron chi connectivity index (χ4n) is 2.50. The topological polar surface area (TPSA) is 69.5 Å². The maximum absolute atomic E-state index is 5.94. The zero-order chi connectivity index (χ0) is 14.3. The van der Waals surface area contributed by atoms with Crippen LogP contribution in [0.3, 0.4) is 0 Å². The molecule has 0 aliphatic heterocycles. The van der Waals surface area contributed by atoms with Crippen LogP contribution in [0.2, 0.25) is 0 Å². The number of H-pyrrole nitrogens is 1. The van der Waals surface area contributed by atoms with E-state index in [4.69, 9.17) is 19.9 Å². The van der Waals surface area contributed by atoms with Gasteiger partial charge in [-0.3, -0.25) is 0 Å². The van der Waals surface area contributed by atoms with Gasteiger partial charge in [-0.25, -0.2) is 0 Å². The maximum atomic E-state index is 5.94. The summed E-state index contributed by atoms with van der Waals surface area (Å²) in [7, 11) is 4.87. The summed E-state index contributed by atoms with van der Waals surface area (Å²) >= 11 is 0. The number of fused-ring (bicyclic) bond motifs is 3. The van der Waals surface area contributed by atoms with Crippen molar-refractivity contribution in [2.75, 3.05) is 27.1 Å². The first-order valence-corrected chi connectivity index (χ1v) is 6.19.